The summed E-state index contributed by atoms with van der Waals surface area (Å²) < 4.78 is 22.7. The molecule has 1 aromatic carbocycles. The van der Waals surface area contributed by atoms with Gasteiger partial charge in [0.2, 0.25) is 5.75 Å². The van der Waals surface area contributed by atoms with E-state index in [4.69, 9.17) is 18.6 Å². The van der Waals surface area contributed by atoms with Gasteiger partial charge in [-0.15, -0.1) is 0 Å². The smallest absolute Gasteiger partial charge is 0.383 e. The third-order valence-electron chi connectivity index (χ3n) is 3.45. The lowest BCUT2D eigenvalue weighted by atomic mass is 10.2. The second-order valence-electron chi connectivity index (χ2n) is 6.56. The van der Waals surface area contributed by atoms with E-state index in [0.29, 0.717) is 29.1 Å². The molecular formula is C21H28O5. The molecule has 2 rings (SSSR count). The molecule has 5 nitrogen and oxygen atoms in total. The molecule has 2 aromatic rings. The first kappa shape index (κ1) is 19.9. The maximum Gasteiger partial charge on any atom is 0.383 e. The van der Waals surface area contributed by atoms with Crippen LogP contribution in [-0.4, -0.2) is 18.8 Å². The zero-order valence-electron chi connectivity index (χ0n) is 16.2. The molecule has 5 heteroatoms. The lowest BCUT2D eigenvalue weighted by Gasteiger charge is -2.16. The number of rotatable bonds is 9. The quantitative estimate of drug-likeness (QED) is 0.354. The molecule has 0 aliphatic heterocycles. The number of allylic oxidation sites excluding steroid dienone is 1. The van der Waals surface area contributed by atoms with Gasteiger partial charge < -0.3 is 18.6 Å². The fraction of sp³-hybridized carbons (Fsp3) is 0.476. The van der Waals surface area contributed by atoms with Crippen LogP contribution >= 0.6 is 0 Å². The van der Waals surface area contributed by atoms with Gasteiger partial charge in [0.05, 0.1) is 24.2 Å². The van der Waals surface area contributed by atoms with Gasteiger partial charge in [-0.1, -0.05) is 19.1 Å². The van der Waals surface area contributed by atoms with Crippen molar-refractivity contribution in [1.82, 2.24) is 0 Å². The van der Waals surface area contributed by atoms with Crippen LogP contribution in [0.25, 0.3) is 11.0 Å². The molecule has 0 unspecified atom stereocenters. The largest absolute Gasteiger partial charge is 0.491 e. The molecule has 0 N–H and O–H groups in total. The van der Waals surface area contributed by atoms with Crippen molar-refractivity contribution in [3.63, 3.8) is 0 Å². The number of hydrogen-bond acceptors (Lipinski definition) is 5. The Morgan fingerprint density at radius 3 is 2.42 bits per heavy atom. The van der Waals surface area contributed by atoms with Crippen LogP contribution in [0.5, 0.6) is 17.2 Å². The lowest BCUT2D eigenvalue weighted by molar-refractivity contribution is 0.212. The zero-order chi connectivity index (χ0) is 19.1. The molecule has 1 aromatic heterocycles. The van der Waals surface area contributed by atoms with Gasteiger partial charge in [-0.2, -0.15) is 0 Å². The molecule has 142 valence electrons. The van der Waals surface area contributed by atoms with Crippen LogP contribution in [0.3, 0.4) is 0 Å². The first-order valence-corrected chi connectivity index (χ1v) is 9.14. The van der Waals surface area contributed by atoms with Gasteiger partial charge in [0.15, 0.2) is 5.75 Å². The second-order valence-corrected chi connectivity index (χ2v) is 6.56. The second kappa shape index (κ2) is 9.32. The predicted octanol–water partition coefficient (Wildman–Crippen LogP) is 5.10. The van der Waals surface area contributed by atoms with E-state index in [0.717, 1.165) is 12.8 Å². The summed E-state index contributed by atoms with van der Waals surface area (Å²) in [5.41, 5.74) is -0.129. The first-order valence-electron chi connectivity index (χ1n) is 9.14. The maximum atomic E-state index is 12.4. The molecular weight excluding hydrogens is 332 g/mol. The van der Waals surface area contributed by atoms with Gasteiger partial charge >= 0.3 is 5.63 Å². The summed E-state index contributed by atoms with van der Waals surface area (Å²) in [5, 5.41) is 0.691. The highest BCUT2D eigenvalue weighted by Gasteiger charge is 2.19. The van der Waals surface area contributed by atoms with E-state index in [2.05, 4.69) is 19.1 Å². The Bertz CT molecular complexity index is 802. The molecule has 0 radical (unpaired) electrons. The number of fused-ring (bicyclic) bond motifs is 1. The summed E-state index contributed by atoms with van der Waals surface area (Å²) in [6.07, 6.45) is 5.75. The van der Waals surface area contributed by atoms with E-state index in [-0.39, 0.29) is 18.0 Å². The standard InChI is InChI=1S/C21H28O5/c1-6-7-8-9-12-23-19-17-11-10-16(24-14(2)3)13-18(17)26-21(22)20(19)25-15(4)5/h7-8,10-11,13-15H,6,9,12H2,1-5H3. The molecule has 0 spiro atoms. The van der Waals surface area contributed by atoms with E-state index in [1.54, 1.807) is 6.07 Å². The number of hydrogen-bond donors (Lipinski definition) is 0. The van der Waals surface area contributed by atoms with Crippen LogP contribution in [0.1, 0.15) is 47.5 Å². The van der Waals surface area contributed by atoms with Crippen molar-refractivity contribution in [1.29, 1.82) is 0 Å². The fourth-order valence-corrected chi connectivity index (χ4v) is 2.48. The highest BCUT2D eigenvalue weighted by atomic mass is 16.5. The van der Waals surface area contributed by atoms with E-state index >= 15 is 0 Å². The summed E-state index contributed by atoms with van der Waals surface area (Å²) in [4.78, 5) is 12.4. The number of ether oxygens (including phenoxy) is 3. The molecule has 1 heterocycles. The minimum absolute atomic E-state index is 0.0313. The maximum absolute atomic E-state index is 12.4. The van der Waals surface area contributed by atoms with Crippen molar-refractivity contribution in [2.24, 2.45) is 0 Å². The van der Waals surface area contributed by atoms with E-state index < -0.39 is 5.63 Å². The van der Waals surface area contributed by atoms with Gasteiger partial charge in [-0.05, 0) is 52.7 Å². The predicted molar refractivity (Wildman–Crippen MR) is 104 cm³/mol. The molecule has 0 saturated heterocycles. The van der Waals surface area contributed by atoms with Crippen molar-refractivity contribution >= 4 is 11.0 Å². The molecule has 0 saturated carbocycles. The van der Waals surface area contributed by atoms with Crippen LogP contribution in [0, 0.1) is 0 Å². The fourth-order valence-electron chi connectivity index (χ4n) is 2.48. The molecule has 0 aliphatic rings. The van der Waals surface area contributed by atoms with Gasteiger partial charge in [0.25, 0.3) is 0 Å². The van der Waals surface area contributed by atoms with Crippen LogP contribution < -0.4 is 19.8 Å². The minimum atomic E-state index is -0.549. The highest BCUT2D eigenvalue weighted by Crippen LogP contribution is 2.35. The van der Waals surface area contributed by atoms with Gasteiger partial charge in [-0.3, -0.25) is 0 Å². The first-order chi connectivity index (χ1) is 12.4. The topological polar surface area (TPSA) is 57.9 Å². The molecule has 0 aliphatic carbocycles. The summed E-state index contributed by atoms with van der Waals surface area (Å²) in [7, 11) is 0. The van der Waals surface area contributed by atoms with E-state index in [1.807, 2.05) is 39.8 Å². The molecule has 0 fully saturated rings. The van der Waals surface area contributed by atoms with Crippen LogP contribution in [0.4, 0.5) is 0 Å². The average Bonchev–Trinajstić information content (AvgIpc) is 2.56. The molecule has 26 heavy (non-hydrogen) atoms. The summed E-state index contributed by atoms with van der Waals surface area (Å²) in [6, 6.07) is 5.38. The molecule has 0 amide bonds. The van der Waals surface area contributed by atoms with Gasteiger partial charge in [0.1, 0.15) is 11.3 Å². The summed E-state index contributed by atoms with van der Waals surface area (Å²) in [5.74, 6) is 1.18. The van der Waals surface area contributed by atoms with Crippen molar-refractivity contribution in [3.8, 4) is 17.2 Å². The van der Waals surface area contributed by atoms with E-state index in [9.17, 15) is 4.79 Å². The third-order valence-corrected chi connectivity index (χ3v) is 3.45. The monoisotopic (exact) mass is 360 g/mol. The SMILES string of the molecule is CCC=CCCOc1c(OC(C)C)c(=O)oc2cc(OC(C)C)ccc12. The summed E-state index contributed by atoms with van der Waals surface area (Å²) >= 11 is 0. The van der Waals surface area contributed by atoms with E-state index in [1.165, 1.54) is 0 Å². The number of benzene rings is 1. The van der Waals surface area contributed by atoms with Crippen molar-refractivity contribution in [3.05, 3.63) is 40.8 Å². The Kier molecular flexibility index (Phi) is 7.13. The lowest BCUT2D eigenvalue weighted by Crippen LogP contribution is -2.15. The molecule has 0 bridgehead atoms. The normalized spacial score (nSPS) is 11.7. The molecule has 0 atom stereocenters. The highest BCUT2D eigenvalue weighted by molar-refractivity contribution is 5.86. The van der Waals surface area contributed by atoms with Gasteiger partial charge in [0, 0.05) is 6.07 Å². The van der Waals surface area contributed by atoms with Crippen molar-refractivity contribution in [2.75, 3.05) is 6.61 Å². The Balaban J connectivity index is 2.43. The van der Waals surface area contributed by atoms with Crippen LogP contribution in [0.15, 0.2) is 39.6 Å². The van der Waals surface area contributed by atoms with Gasteiger partial charge in [-0.25, -0.2) is 4.79 Å². The third kappa shape index (κ3) is 5.28. The Hall–Kier alpha value is -2.43. The Morgan fingerprint density at radius 1 is 1.04 bits per heavy atom. The van der Waals surface area contributed by atoms with Crippen LogP contribution in [-0.2, 0) is 0 Å². The zero-order valence-corrected chi connectivity index (χ0v) is 16.2. The van der Waals surface area contributed by atoms with Crippen LogP contribution in [0.2, 0.25) is 0 Å². The Labute approximate surface area is 154 Å². The van der Waals surface area contributed by atoms with Crippen molar-refractivity contribution < 1.29 is 18.6 Å². The van der Waals surface area contributed by atoms with Crippen molar-refractivity contribution in [2.45, 2.75) is 59.7 Å². The summed E-state index contributed by atoms with van der Waals surface area (Å²) in [6.45, 7) is 10.1. The average molecular weight is 360 g/mol. The minimum Gasteiger partial charge on any atom is -0.491 e. The Morgan fingerprint density at radius 2 is 1.77 bits per heavy atom.